The third-order valence-electron chi connectivity index (χ3n) is 8.04. The molecule has 0 aliphatic heterocycles. The van der Waals surface area contributed by atoms with Crippen molar-refractivity contribution in [3.05, 3.63) is 102 Å². The number of aromatic nitrogens is 3. The van der Waals surface area contributed by atoms with E-state index in [9.17, 15) is 39.5 Å². The lowest BCUT2D eigenvalue weighted by Crippen LogP contribution is -2.20. The van der Waals surface area contributed by atoms with Crippen LogP contribution >= 0.6 is 11.6 Å². The standard InChI is InChI=1S/C34H28ClN9O10S3/c1-3-44(27-7-5-4-6-19(27)2)34-38-32(35)37-33(39-34)36-22-10-14-25-20(16-22)17-29(57(52,53)54)30(31(25)45)43-42-26-15-11-23(18-28(26)56(49,50)51)41-40-21-8-12-24(13-9-21)55(46,47)48/h4-18,45H,3H2,1-2H3,(H,46,47,48)(H,49,50,51)(H,52,53,54)(H,36,37,38,39). The number of nitrogens with zero attached hydrogens (tertiary/aromatic N) is 8. The van der Waals surface area contributed by atoms with Gasteiger partial charge in [0.05, 0.1) is 16.3 Å². The van der Waals surface area contributed by atoms with Crippen molar-refractivity contribution in [3.63, 3.8) is 0 Å². The van der Waals surface area contributed by atoms with E-state index >= 15 is 0 Å². The lowest BCUT2D eigenvalue weighted by Gasteiger charge is -2.23. The number of anilines is 4. The molecule has 0 fully saturated rings. The predicted molar refractivity (Wildman–Crippen MR) is 208 cm³/mol. The van der Waals surface area contributed by atoms with Crippen LogP contribution in [0.4, 0.5) is 46.0 Å². The summed E-state index contributed by atoms with van der Waals surface area (Å²) < 4.78 is 101. The summed E-state index contributed by atoms with van der Waals surface area (Å²) in [5.41, 5.74) is 0.851. The van der Waals surface area contributed by atoms with Gasteiger partial charge in [0.1, 0.15) is 21.2 Å². The summed E-state index contributed by atoms with van der Waals surface area (Å²) in [6.45, 7) is 4.34. The highest BCUT2D eigenvalue weighted by Crippen LogP contribution is 2.43. The van der Waals surface area contributed by atoms with E-state index in [4.69, 9.17) is 16.2 Å². The summed E-state index contributed by atoms with van der Waals surface area (Å²) >= 11 is 6.26. The Balaban J connectivity index is 1.33. The Hall–Kier alpha value is -6.01. The fourth-order valence-electron chi connectivity index (χ4n) is 5.41. The Morgan fingerprint density at radius 1 is 0.719 bits per heavy atom. The molecule has 23 heteroatoms. The molecular weight excluding hydrogens is 826 g/mol. The van der Waals surface area contributed by atoms with Crippen molar-refractivity contribution in [2.75, 3.05) is 16.8 Å². The molecule has 6 rings (SSSR count). The first-order chi connectivity index (χ1) is 26.8. The van der Waals surface area contributed by atoms with Crippen LogP contribution < -0.4 is 10.2 Å². The number of benzene rings is 5. The van der Waals surface area contributed by atoms with Gasteiger partial charge in [-0.05, 0) is 109 Å². The molecule has 0 atom stereocenters. The maximum Gasteiger partial charge on any atom is 0.296 e. The number of hydrogen-bond acceptors (Lipinski definition) is 16. The molecule has 0 aliphatic rings. The summed E-state index contributed by atoms with van der Waals surface area (Å²) in [4.78, 5) is 12.6. The van der Waals surface area contributed by atoms with Gasteiger partial charge in [-0.2, -0.15) is 50.4 Å². The second kappa shape index (κ2) is 15.9. The van der Waals surface area contributed by atoms with Crippen LogP contribution in [0, 0.1) is 6.92 Å². The summed E-state index contributed by atoms with van der Waals surface area (Å²) in [6, 6.07) is 20.6. The van der Waals surface area contributed by atoms with Crippen molar-refractivity contribution in [2.45, 2.75) is 28.5 Å². The van der Waals surface area contributed by atoms with Gasteiger partial charge in [-0.3, -0.25) is 13.7 Å². The normalized spacial score (nSPS) is 12.5. The summed E-state index contributed by atoms with van der Waals surface area (Å²) in [5, 5.41) is 29.4. The van der Waals surface area contributed by atoms with Gasteiger partial charge in [-0.25, -0.2) is 0 Å². The maximum absolute atomic E-state index is 12.6. The van der Waals surface area contributed by atoms with Crippen LogP contribution in [-0.4, -0.2) is 65.5 Å². The van der Waals surface area contributed by atoms with E-state index in [1.54, 1.807) is 0 Å². The van der Waals surface area contributed by atoms with Crippen LogP contribution in [0.25, 0.3) is 10.8 Å². The fraction of sp³-hybridized carbons (Fsp3) is 0.0882. The summed E-state index contributed by atoms with van der Waals surface area (Å²) in [7, 11) is -14.6. The quantitative estimate of drug-likeness (QED) is 0.0573. The van der Waals surface area contributed by atoms with Gasteiger partial charge >= 0.3 is 0 Å². The molecule has 1 aromatic heterocycles. The molecule has 0 bridgehead atoms. The van der Waals surface area contributed by atoms with Crippen LogP contribution in [0.3, 0.4) is 0 Å². The SMILES string of the molecule is CCN(c1nc(Cl)nc(Nc2ccc3c(O)c(N=Nc4ccc(N=Nc5ccc(S(=O)(=O)O)cc5)cc4S(=O)(=O)O)c(S(=O)(=O)O)cc3c2)n1)c1ccccc1C. The van der Waals surface area contributed by atoms with Crippen LogP contribution in [0.5, 0.6) is 5.75 Å². The van der Waals surface area contributed by atoms with Crippen molar-refractivity contribution in [3.8, 4) is 5.75 Å². The van der Waals surface area contributed by atoms with E-state index in [1.807, 2.05) is 43.0 Å². The highest BCUT2D eigenvalue weighted by atomic mass is 35.5. The first kappa shape index (κ1) is 40.6. The molecule has 0 aliphatic carbocycles. The van der Waals surface area contributed by atoms with E-state index < -0.39 is 62.2 Å². The molecular formula is C34H28ClN9O10S3. The molecule has 0 radical (unpaired) electrons. The number of halogens is 1. The van der Waals surface area contributed by atoms with Crippen molar-refractivity contribution in [1.82, 2.24) is 15.0 Å². The molecule has 0 unspecified atom stereocenters. The number of rotatable bonds is 12. The zero-order valence-electron chi connectivity index (χ0n) is 29.3. The average molecular weight is 854 g/mol. The second-order valence-corrected chi connectivity index (χ2v) is 16.4. The number of aromatic hydroxyl groups is 1. The van der Waals surface area contributed by atoms with E-state index in [0.29, 0.717) is 12.2 Å². The number of fused-ring (bicyclic) bond motifs is 1. The second-order valence-electron chi connectivity index (χ2n) is 11.9. The first-order valence-electron chi connectivity index (χ1n) is 16.1. The molecule has 6 aromatic rings. The Morgan fingerprint density at radius 3 is 2.04 bits per heavy atom. The lowest BCUT2D eigenvalue weighted by atomic mass is 10.1. The van der Waals surface area contributed by atoms with Gasteiger partial charge in [0.25, 0.3) is 30.4 Å². The molecule has 0 spiro atoms. The summed E-state index contributed by atoms with van der Waals surface area (Å²) in [6.07, 6.45) is 0. The number of nitrogens with one attached hydrogen (secondary N) is 1. The number of para-hydroxylation sites is 1. The number of phenolic OH excluding ortho intramolecular Hbond substituents is 1. The molecule has 5 N–H and O–H groups in total. The van der Waals surface area contributed by atoms with Crippen LogP contribution in [-0.2, 0) is 30.4 Å². The highest BCUT2D eigenvalue weighted by molar-refractivity contribution is 7.86. The highest BCUT2D eigenvalue weighted by Gasteiger charge is 2.24. The van der Waals surface area contributed by atoms with Crippen LogP contribution in [0.1, 0.15) is 12.5 Å². The Bertz CT molecular complexity index is 2950. The minimum absolute atomic E-state index is 0.0393. The van der Waals surface area contributed by atoms with Gasteiger partial charge in [-0.1, -0.05) is 18.2 Å². The van der Waals surface area contributed by atoms with Crippen molar-refractivity contribution < 1.29 is 44.0 Å². The number of aryl methyl sites for hydroxylation is 1. The third kappa shape index (κ3) is 9.35. The number of hydrogen-bond donors (Lipinski definition) is 5. The Kier molecular flexibility index (Phi) is 11.3. The van der Waals surface area contributed by atoms with Gasteiger partial charge < -0.3 is 15.3 Å². The smallest absolute Gasteiger partial charge is 0.296 e. The van der Waals surface area contributed by atoms with E-state index in [1.165, 1.54) is 36.4 Å². The molecule has 0 saturated carbocycles. The van der Waals surface area contributed by atoms with Gasteiger partial charge in [0.15, 0.2) is 5.75 Å². The van der Waals surface area contributed by atoms with Gasteiger partial charge in [0.2, 0.25) is 17.2 Å². The number of azo groups is 2. The van der Waals surface area contributed by atoms with Gasteiger partial charge in [0, 0.05) is 23.3 Å². The van der Waals surface area contributed by atoms with Crippen molar-refractivity contribution >= 4 is 98.7 Å². The predicted octanol–water partition coefficient (Wildman–Crippen LogP) is 8.16. The van der Waals surface area contributed by atoms with Crippen molar-refractivity contribution in [2.24, 2.45) is 20.5 Å². The molecule has 0 saturated heterocycles. The number of phenols is 1. The molecule has 19 nitrogen and oxygen atoms in total. The average Bonchev–Trinajstić information content (AvgIpc) is 3.13. The first-order valence-corrected chi connectivity index (χ1v) is 20.8. The van der Waals surface area contributed by atoms with E-state index in [2.05, 4.69) is 40.7 Å². The summed E-state index contributed by atoms with van der Waals surface area (Å²) in [5.74, 6) is -0.465. The monoisotopic (exact) mass is 853 g/mol. The molecule has 57 heavy (non-hydrogen) atoms. The minimum Gasteiger partial charge on any atom is -0.505 e. The fourth-order valence-corrected chi connectivity index (χ4v) is 7.35. The van der Waals surface area contributed by atoms with Crippen LogP contribution in [0.2, 0.25) is 5.28 Å². The van der Waals surface area contributed by atoms with Crippen molar-refractivity contribution in [1.29, 1.82) is 0 Å². The third-order valence-corrected chi connectivity index (χ3v) is 10.8. The van der Waals surface area contributed by atoms with E-state index in [0.717, 1.165) is 41.6 Å². The Morgan fingerprint density at radius 2 is 1.39 bits per heavy atom. The topological polar surface area (TPSA) is 287 Å². The molecule has 1 heterocycles. The van der Waals surface area contributed by atoms with E-state index in [-0.39, 0.29) is 39.3 Å². The zero-order chi connectivity index (χ0) is 41.3. The minimum atomic E-state index is -5.10. The Labute approximate surface area is 329 Å². The molecule has 0 amide bonds. The largest absolute Gasteiger partial charge is 0.505 e. The molecule has 294 valence electrons. The van der Waals surface area contributed by atoms with Gasteiger partial charge in [-0.15, -0.1) is 10.2 Å². The lowest BCUT2D eigenvalue weighted by molar-refractivity contribution is 0.472. The van der Waals surface area contributed by atoms with Crippen LogP contribution in [0.15, 0.2) is 126 Å². The maximum atomic E-state index is 12.6. The molecule has 5 aromatic carbocycles. The zero-order valence-corrected chi connectivity index (χ0v) is 32.5.